The molecular formula is C13H24N4O2S. The van der Waals surface area contributed by atoms with Gasteiger partial charge in [-0.25, -0.2) is 13.1 Å². The zero-order chi connectivity index (χ0) is 14.9. The van der Waals surface area contributed by atoms with Crippen LogP contribution in [0.2, 0.25) is 0 Å². The summed E-state index contributed by atoms with van der Waals surface area (Å²) in [4.78, 5) is 2.50. The molecule has 1 aromatic heterocycles. The number of hydrogen-bond acceptors (Lipinski definition) is 4. The smallest absolute Gasteiger partial charge is 0.243 e. The van der Waals surface area contributed by atoms with Gasteiger partial charge in [0.05, 0.1) is 6.20 Å². The normalized spacial score (nSPS) is 24.6. The number of likely N-dealkylation sites (N-methyl/N-ethyl adjacent to an activating group) is 1. The van der Waals surface area contributed by atoms with Crippen LogP contribution in [0, 0.1) is 5.92 Å². The second kappa shape index (κ2) is 5.83. The lowest BCUT2D eigenvalue weighted by Gasteiger charge is -2.16. The van der Waals surface area contributed by atoms with Gasteiger partial charge in [0, 0.05) is 31.4 Å². The fraction of sp³-hybridized carbons (Fsp3) is 0.769. The number of hydrogen-bond donors (Lipinski definition) is 1. The molecule has 0 aliphatic carbocycles. The summed E-state index contributed by atoms with van der Waals surface area (Å²) < 4.78 is 29.2. The molecule has 1 N–H and O–H groups in total. The lowest BCUT2D eigenvalue weighted by atomic mass is 10.1. The molecule has 1 aliphatic rings. The Morgan fingerprint density at radius 2 is 2.15 bits per heavy atom. The molecule has 0 unspecified atom stereocenters. The number of aromatic nitrogens is 2. The van der Waals surface area contributed by atoms with Crippen LogP contribution in [-0.4, -0.2) is 48.8 Å². The molecule has 0 saturated carbocycles. The van der Waals surface area contributed by atoms with Crippen molar-refractivity contribution in [2.75, 3.05) is 19.6 Å². The van der Waals surface area contributed by atoms with Gasteiger partial charge in [-0.1, -0.05) is 13.8 Å². The van der Waals surface area contributed by atoms with E-state index in [1.54, 1.807) is 10.9 Å². The third-order valence-corrected chi connectivity index (χ3v) is 5.30. The fourth-order valence-corrected chi connectivity index (χ4v) is 3.76. The summed E-state index contributed by atoms with van der Waals surface area (Å²) in [5.41, 5.74) is 0. The van der Waals surface area contributed by atoms with Crippen LogP contribution >= 0.6 is 0 Å². The highest BCUT2D eigenvalue weighted by atomic mass is 32.2. The van der Waals surface area contributed by atoms with Gasteiger partial charge in [-0.3, -0.25) is 4.68 Å². The minimum Gasteiger partial charge on any atom is -0.302 e. The average molecular weight is 300 g/mol. The maximum absolute atomic E-state index is 12.4. The van der Waals surface area contributed by atoms with Crippen LogP contribution in [0.25, 0.3) is 0 Å². The van der Waals surface area contributed by atoms with Gasteiger partial charge < -0.3 is 4.90 Å². The highest BCUT2D eigenvalue weighted by Gasteiger charge is 2.32. The van der Waals surface area contributed by atoms with Crippen molar-refractivity contribution in [1.29, 1.82) is 0 Å². The Balaban J connectivity index is 2.11. The Morgan fingerprint density at radius 3 is 2.65 bits per heavy atom. The summed E-state index contributed by atoms with van der Waals surface area (Å²) in [6, 6.07) is 0.127. The zero-order valence-electron chi connectivity index (χ0n) is 12.6. The monoisotopic (exact) mass is 300 g/mol. The van der Waals surface area contributed by atoms with Gasteiger partial charge >= 0.3 is 0 Å². The first-order valence-electron chi connectivity index (χ1n) is 7.12. The third-order valence-electron chi connectivity index (χ3n) is 3.86. The summed E-state index contributed by atoms with van der Waals surface area (Å²) in [5, 5.41) is 4.09. The van der Waals surface area contributed by atoms with Crippen LogP contribution < -0.4 is 4.72 Å². The van der Waals surface area contributed by atoms with Crippen molar-refractivity contribution >= 4 is 10.0 Å². The van der Waals surface area contributed by atoms with Gasteiger partial charge in [0.2, 0.25) is 10.0 Å². The Bertz CT molecular complexity index is 552. The largest absolute Gasteiger partial charge is 0.302 e. The van der Waals surface area contributed by atoms with Crippen molar-refractivity contribution < 1.29 is 8.42 Å². The van der Waals surface area contributed by atoms with Crippen LogP contribution in [0.5, 0.6) is 0 Å². The first kappa shape index (κ1) is 15.5. The molecule has 1 saturated heterocycles. The quantitative estimate of drug-likeness (QED) is 0.883. The van der Waals surface area contributed by atoms with E-state index >= 15 is 0 Å². The second-order valence-electron chi connectivity index (χ2n) is 5.81. The maximum atomic E-state index is 12.4. The zero-order valence-corrected chi connectivity index (χ0v) is 13.4. The van der Waals surface area contributed by atoms with Crippen molar-refractivity contribution in [3.05, 3.63) is 12.4 Å². The van der Waals surface area contributed by atoms with E-state index in [2.05, 4.69) is 28.6 Å². The highest BCUT2D eigenvalue weighted by Crippen LogP contribution is 2.19. The molecule has 2 heterocycles. The summed E-state index contributed by atoms with van der Waals surface area (Å²) >= 11 is 0. The van der Waals surface area contributed by atoms with E-state index in [9.17, 15) is 8.42 Å². The summed E-state index contributed by atoms with van der Waals surface area (Å²) in [5.74, 6) is 0.324. The minimum absolute atomic E-state index is 0.0256. The molecule has 0 radical (unpaired) electrons. The molecule has 114 valence electrons. The topological polar surface area (TPSA) is 67.2 Å². The minimum atomic E-state index is -3.48. The summed E-state index contributed by atoms with van der Waals surface area (Å²) in [6.07, 6.45) is 3.00. The standard InChI is InChI=1S/C13H24N4O2S/c1-5-16-7-11(4)13(9-16)15-20(18,19)12-6-14-17(8-12)10(2)3/h6,8,10-11,13,15H,5,7,9H2,1-4H3/t11-,13+/m1/s1. The van der Waals surface area contributed by atoms with E-state index in [0.717, 1.165) is 19.6 Å². The van der Waals surface area contributed by atoms with E-state index in [4.69, 9.17) is 0 Å². The molecule has 20 heavy (non-hydrogen) atoms. The average Bonchev–Trinajstić information content (AvgIpc) is 2.97. The molecule has 1 aliphatic heterocycles. The number of likely N-dealkylation sites (tertiary alicyclic amines) is 1. The van der Waals surface area contributed by atoms with Gasteiger partial charge in [0.1, 0.15) is 4.90 Å². The molecular weight excluding hydrogens is 276 g/mol. The maximum Gasteiger partial charge on any atom is 0.243 e. The van der Waals surface area contributed by atoms with Crippen LogP contribution in [-0.2, 0) is 10.0 Å². The van der Waals surface area contributed by atoms with E-state index in [0.29, 0.717) is 5.92 Å². The van der Waals surface area contributed by atoms with E-state index in [1.165, 1.54) is 6.20 Å². The highest BCUT2D eigenvalue weighted by molar-refractivity contribution is 7.89. The predicted octanol–water partition coefficient (Wildman–Crippen LogP) is 1.08. The third kappa shape index (κ3) is 3.21. The molecule has 2 atom stereocenters. The number of rotatable bonds is 5. The number of nitrogens with one attached hydrogen (secondary N) is 1. The van der Waals surface area contributed by atoms with Gasteiger partial charge in [-0.05, 0) is 26.3 Å². The van der Waals surface area contributed by atoms with Crippen LogP contribution in [0.1, 0.15) is 33.7 Å². The van der Waals surface area contributed by atoms with E-state index in [1.807, 2.05) is 13.8 Å². The van der Waals surface area contributed by atoms with E-state index < -0.39 is 10.0 Å². The molecule has 0 bridgehead atoms. The first-order valence-corrected chi connectivity index (χ1v) is 8.60. The fourth-order valence-electron chi connectivity index (χ4n) is 2.49. The Hall–Kier alpha value is -0.920. The van der Waals surface area contributed by atoms with Crippen LogP contribution in [0.15, 0.2) is 17.3 Å². The van der Waals surface area contributed by atoms with E-state index in [-0.39, 0.29) is 17.0 Å². The summed E-state index contributed by atoms with van der Waals surface area (Å²) in [7, 11) is -3.48. The number of sulfonamides is 1. The molecule has 1 fully saturated rings. The molecule has 0 amide bonds. The Kier molecular flexibility index (Phi) is 4.51. The van der Waals surface area contributed by atoms with Crippen molar-refractivity contribution in [2.45, 2.75) is 44.7 Å². The lowest BCUT2D eigenvalue weighted by Crippen LogP contribution is -2.39. The lowest BCUT2D eigenvalue weighted by molar-refractivity contribution is 0.344. The molecule has 0 spiro atoms. The SMILES string of the molecule is CCN1C[C@@H](C)[C@@H](NS(=O)(=O)c2cnn(C(C)C)c2)C1. The van der Waals surface area contributed by atoms with Gasteiger partial charge in [-0.15, -0.1) is 0 Å². The molecule has 6 nitrogen and oxygen atoms in total. The van der Waals surface area contributed by atoms with Crippen LogP contribution in [0.4, 0.5) is 0 Å². The predicted molar refractivity (Wildman–Crippen MR) is 78.0 cm³/mol. The Labute approximate surface area is 121 Å². The second-order valence-corrected chi connectivity index (χ2v) is 7.52. The van der Waals surface area contributed by atoms with Gasteiger partial charge in [0.15, 0.2) is 0 Å². The van der Waals surface area contributed by atoms with Gasteiger partial charge in [0.25, 0.3) is 0 Å². The van der Waals surface area contributed by atoms with Crippen LogP contribution in [0.3, 0.4) is 0 Å². The van der Waals surface area contributed by atoms with Gasteiger partial charge in [-0.2, -0.15) is 5.10 Å². The summed E-state index contributed by atoms with van der Waals surface area (Å²) in [6.45, 7) is 10.8. The molecule has 2 rings (SSSR count). The Morgan fingerprint density at radius 1 is 1.45 bits per heavy atom. The van der Waals surface area contributed by atoms with Crippen molar-refractivity contribution in [2.24, 2.45) is 5.92 Å². The first-order chi connectivity index (χ1) is 9.33. The molecule has 1 aromatic rings. The number of nitrogens with zero attached hydrogens (tertiary/aromatic N) is 3. The molecule has 7 heteroatoms. The van der Waals surface area contributed by atoms with Crippen molar-refractivity contribution in [1.82, 2.24) is 19.4 Å². The molecule has 0 aromatic carbocycles. The van der Waals surface area contributed by atoms with Crippen molar-refractivity contribution in [3.8, 4) is 0 Å². The van der Waals surface area contributed by atoms with Crippen molar-refractivity contribution in [3.63, 3.8) is 0 Å².